The Morgan fingerprint density at radius 2 is 2.17 bits per heavy atom. The monoisotopic (exact) mass is 254 g/mol. The lowest BCUT2D eigenvalue weighted by atomic mass is 10.1. The van der Waals surface area contributed by atoms with Gasteiger partial charge in [0.1, 0.15) is 6.04 Å². The van der Waals surface area contributed by atoms with Crippen molar-refractivity contribution in [2.75, 3.05) is 6.54 Å². The van der Waals surface area contributed by atoms with Gasteiger partial charge in [-0.15, -0.1) is 0 Å². The van der Waals surface area contributed by atoms with Crippen LogP contribution in [0.15, 0.2) is 18.7 Å². The topological polar surface area (TPSA) is 96.3 Å². The fourth-order valence-electron chi connectivity index (χ4n) is 1.42. The van der Waals surface area contributed by atoms with Gasteiger partial charge in [0, 0.05) is 25.5 Å². The Labute approximate surface area is 105 Å². The Bertz CT molecular complexity index is 389. The summed E-state index contributed by atoms with van der Waals surface area (Å²) in [4.78, 5) is 26.2. The molecule has 2 amide bonds. The molecule has 0 saturated heterocycles. The first kappa shape index (κ1) is 14.0. The molecule has 1 aromatic rings. The highest BCUT2D eigenvalue weighted by molar-refractivity contribution is 5.82. The number of carbonyl (C=O) groups excluding carboxylic acids is 1. The van der Waals surface area contributed by atoms with E-state index in [2.05, 4.69) is 15.6 Å². The second-order valence-corrected chi connectivity index (χ2v) is 4.26. The normalized spacial score (nSPS) is 12.2. The van der Waals surface area contributed by atoms with Crippen LogP contribution in [0.3, 0.4) is 0 Å². The maximum Gasteiger partial charge on any atom is 0.326 e. The number of carbonyl (C=O) groups is 2. The van der Waals surface area contributed by atoms with Gasteiger partial charge in [-0.2, -0.15) is 0 Å². The van der Waals surface area contributed by atoms with Crippen molar-refractivity contribution in [3.63, 3.8) is 0 Å². The van der Waals surface area contributed by atoms with Gasteiger partial charge >= 0.3 is 12.0 Å². The van der Waals surface area contributed by atoms with Crippen LogP contribution >= 0.6 is 0 Å². The van der Waals surface area contributed by atoms with Crippen molar-refractivity contribution in [3.8, 4) is 0 Å². The molecule has 0 radical (unpaired) electrons. The highest BCUT2D eigenvalue weighted by Crippen LogP contribution is 2.01. The van der Waals surface area contributed by atoms with Crippen molar-refractivity contribution >= 4 is 12.0 Å². The van der Waals surface area contributed by atoms with Crippen molar-refractivity contribution in [3.05, 3.63) is 18.7 Å². The highest BCUT2D eigenvalue weighted by atomic mass is 16.4. The molecule has 1 aromatic heterocycles. The molecule has 0 aliphatic rings. The number of hydrogen-bond donors (Lipinski definition) is 3. The lowest BCUT2D eigenvalue weighted by Crippen LogP contribution is -2.49. The first-order valence-electron chi connectivity index (χ1n) is 5.73. The number of rotatable bonds is 6. The number of hydrogen-bond acceptors (Lipinski definition) is 3. The first-order valence-corrected chi connectivity index (χ1v) is 5.73. The lowest BCUT2D eigenvalue weighted by molar-refractivity contribution is -0.140. The number of nitrogens with zero attached hydrogens (tertiary/aromatic N) is 2. The number of carboxylic acid groups (broad SMARTS) is 1. The minimum Gasteiger partial charge on any atom is -0.480 e. The van der Waals surface area contributed by atoms with Crippen molar-refractivity contribution in [1.82, 2.24) is 20.2 Å². The average molecular weight is 254 g/mol. The zero-order valence-electron chi connectivity index (χ0n) is 10.5. The van der Waals surface area contributed by atoms with E-state index in [9.17, 15) is 9.59 Å². The van der Waals surface area contributed by atoms with E-state index in [0.29, 0.717) is 13.1 Å². The summed E-state index contributed by atoms with van der Waals surface area (Å²) in [5.74, 6) is -1.20. The summed E-state index contributed by atoms with van der Waals surface area (Å²) in [5, 5.41) is 13.9. The number of imidazole rings is 1. The predicted octanol–water partition coefficient (Wildman–Crippen LogP) is 0.291. The standard InChI is InChI=1S/C11H18N4O3/c1-8(2)9(10(16)17)14-11(18)13-4-6-15-5-3-12-7-15/h3,5,7-9H,4,6H2,1-2H3,(H,16,17)(H2,13,14,18)/t9-/m0/s1. The van der Waals surface area contributed by atoms with E-state index in [1.54, 1.807) is 32.6 Å². The molecule has 7 nitrogen and oxygen atoms in total. The molecule has 0 spiro atoms. The number of nitrogens with one attached hydrogen (secondary N) is 2. The maximum atomic E-state index is 11.5. The number of aliphatic carboxylic acids is 1. The molecule has 3 N–H and O–H groups in total. The van der Waals surface area contributed by atoms with Crippen LogP contribution in [0, 0.1) is 5.92 Å². The van der Waals surface area contributed by atoms with Gasteiger partial charge in [-0.1, -0.05) is 13.8 Å². The molecule has 18 heavy (non-hydrogen) atoms. The van der Waals surface area contributed by atoms with Crippen molar-refractivity contribution < 1.29 is 14.7 Å². The molecule has 1 heterocycles. The molecule has 0 aromatic carbocycles. The molecular weight excluding hydrogens is 236 g/mol. The summed E-state index contributed by atoms with van der Waals surface area (Å²) < 4.78 is 1.82. The van der Waals surface area contributed by atoms with Gasteiger partial charge < -0.3 is 20.3 Å². The van der Waals surface area contributed by atoms with E-state index in [0.717, 1.165) is 0 Å². The average Bonchev–Trinajstić information content (AvgIpc) is 2.78. The summed E-state index contributed by atoms with van der Waals surface area (Å²) in [6.45, 7) is 4.48. The lowest BCUT2D eigenvalue weighted by Gasteiger charge is -2.18. The number of amides is 2. The maximum absolute atomic E-state index is 11.5. The van der Waals surface area contributed by atoms with Crippen LogP contribution in [0.2, 0.25) is 0 Å². The summed E-state index contributed by atoms with van der Waals surface area (Å²) in [5.41, 5.74) is 0. The summed E-state index contributed by atoms with van der Waals surface area (Å²) in [6, 6.07) is -1.35. The second kappa shape index (κ2) is 6.63. The van der Waals surface area contributed by atoms with Gasteiger partial charge in [0.15, 0.2) is 0 Å². The van der Waals surface area contributed by atoms with Gasteiger partial charge in [0.05, 0.1) is 6.33 Å². The van der Waals surface area contributed by atoms with Gasteiger partial charge in [-0.05, 0) is 5.92 Å². The fourth-order valence-corrected chi connectivity index (χ4v) is 1.42. The zero-order valence-corrected chi connectivity index (χ0v) is 10.5. The van der Waals surface area contributed by atoms with E-state index in [1.807, 2.05) is 4.57 Å². The largest absolute Gasteiger partial charge is 0.480 e. The van der Waals surface area contributed by atoms with Crippen LogP contribution < -0.4 is 10.6 Å². The van der Waals surface area contributed by atoms with E-state index < -0.39 is 18.0 Å². The Hall–Kier alpha value is -2.05. The van der Waals surface area contributed by atoms with Gasteiger partial charge in [0.2, 0.25) is 0 Å². The smallest absolute Gasteiger partial charge is 0.326 e. The van der Waals surface area contributed by atoms with E-state index >= 15 is 0 Å². The molecule has 0 unspecified atom stereocenters. The van der Waals surface area contributed by atoms with E-state index in [4.69, 9.17) is 5.11 Å². The molecule has 100 valence electrons. The third-order valence-corrected chi connectivity index (χ3v) is 2.43. The number of carboxylic acids is 1. The van der Waals surface area contributed by atoms with E-state index in [-0.39, 0.29) is 5.92 Å². The Morgan fingerprint density at radius 3 is 2.67 bits per heavy atom. The molecule has 1 atom stereocenters. The minimum absolute atomic E-state index is 0.165. The first-order chi connectivity index (χ1) is 8.50. The van der Waals surface area contributed by atoms with Crippen molar-refractivity contribution in [1.29, 1.82) is 0 Å². The molecule has 0 fully saturated rings. The van der Waals surface area contributed by atoms with Crippen LogP contribution in [-0.2, 0) is 11.3 Å². The summed E-state index contributed by atoms with van der Waals surface area (Å²) in [7, 11) is 0. The molecule has 1 rings (SSSR count). The van der Waals surface area contributed by atoms with Crippen LogP contribution in [0.25, 0.3) is 0 Å². The Kier molecular flexibility index (Phi) is 5.16. The molecule has 0 aliphatic heterocycles. The summed E-state index contributed by atoms with van der Waals surface area (Å²) >= 11 is 0. The Morgan fingerprint density at radius 1 is 1.44 bits per heavy atom. The zero-order chi connectivity index (χ0) is 13.5. The third kappa shape index (κ3) is 4.44. The Balaban J connectivity index is 2.30. The van der Waals surface area contributed by atoms with Gasteiger partial charge in [-0.25, -0.2) is 14.6 Å². The van der Waals surface area contributed by atoms with Crippen molar-refractivity contribution in [2.45, 2.75) is 26.4 Å². The molecule has 0 saturated carbocycles. The molecule has 7 heteroatoms. The fraction of sp³-hybridized carbons (Fsp3) is 0.545. The number of urea groups is 1. The van der Waals surface area contributed by atoms with Crippen molar-refractivity contribution in [2.24, 2.45) is 5.92 Å². The van der Waals surface area contributed by atoms with Crippen LogP contribution in [0.1, 0.15) is 13.8 Å². The second-order valence-electron chi connectivity index (χ2n) is 4.26. The minimum atomic E-state index is -1.03. The summed E-state index contributed by atoms with van der Waals surface area (Å²) in [6.07, 6.45) is 5.08. The number of aromatic nitrogens is 2. The van der Waals surface area contributed by atoms with Gasteiger partial charge in [-0.3, -0.25) is 0 Å². The van der Waals surface area contributed by atoms with Gasteiger partial charge in [0.25, 0.3) is 0 Å². The molecular formula is C11H18N4O3. The SMILES string of the molecule is CC(C)[C@H](NC(=O)NCCn1ccnc1)C(=O)O. The van der Waals surface area contributed by atoms with Crippen LogP contribution in [-0.4, -0.2) is 39.2 Å². The highest BCUT2D eigenvalue weighted by Gasteiger charge is 2.22. The van der Waals surface area contributed by atoms with E-state index in [1.165, 1.54) is 0 Å². The quantitative estimate of drug-likeness (QED) is 0.680. The molecule has 0 aliphatic carbocycles. The van der Waals surface area contributed by atoms with Crippen LogP contribution in [0.4, 0.5) is 4.79 Å². The third-order valence-electron chi connectivity index (χ3n) is 2.43. The van der Waals surface area contributed by atoms with Crippen LogP contribution in [0.5, 0.6) is 0 Å². The predicted molar refractivity (Wildman–Crippen MR) is 65.0 cm³/mol. The molecule has 0 bridgehead atoms.